The number of carbonyl (C=O) groups excluding carboxylic acids is 1. The summed E-state index contributed by atoms with van der Waals surface area (Å²) in [6, 6.07) is 11.5. The maximum atomic E-state index is 13.5. The molecule has 8 heteroatoms. The van der Waals surface area contributed by atoms with Gasteiger partial charge in [-0.3, -0.25) is 9.20 Å². The summed E-state index contributed by atoms with van der Waals surface area (Å²) >= 11 is 6.17. The zero-order valence-electron chi connectivity index (χ0n) is 18.6. The van der Waals surface area contributed by atoms with Gasteiger partial charge < -0.3 is 14.1 Å². The molecule has 1 aliphatic rings. The summed E-state index contributed by atoms with van der Waals surface area (Å²) < 4.78 is 13.3. The maximum Gasteiger partial charge on any atom is 0.272 e. The fraction of sp³-hybridized carbons (Fsp3) is 0.320. The lowest BCUT2D eigenvalue weighted by molar-refractivity contribution is 0.0690. The highest BCUT2D eigenvalue weighted by Gasteiger charge is 2.30. The first-order chi connectivity index (χ1) is 16.0. The molecular weight excluding hydrogens is 440 g/mol. The van der Waals surface area contributed by atoms with Crippen LogP contribution in [0.25, 0.3) is 5.65 Å². The molecule has 1 saturated heterocycles. The van der Waals surface area contributed by atoms with Gasteiger partial charge >= 0.3 is 0 Å². The smallest absolute Gasteiger partial charge is 0.272 e. The Hall–Kier alpha value is -3.32. The number of fused-ring (bicyclic) bond motifs is 1. The van der Waals surface area contributed by atoms with Crippen LogP contribution in [0.3, 0.4) is 0 Å². The maximum absolute atomic E-state index is 13.5. The van der Waals surface area contributed by atoms with Crippen LogP contribution in [-0.2, 0) is 6.42 Å². The molecule has 0 saturated carbocycles. The number of benzene rings is 1. The Morgan fingerprint density at radius 2 is 2.12 bits per heavy atom. The zero-order valence-corrected chi connectivity index (χ0v) is 19.4. The van der Waals surface area contributed by atoms with Crippen molar-refractivity contribution >= 4 is 23.2 Å². The van der Waals surface area contributed by atoms with Gasteiger partial charge in [-0.1, -0.05) is 29.8 Å². The second kappa shape index (κ2) is 8.90. The summed E-state index contributed by atoms with van der Waals surface area (Å²) in [4.78, 5) is 24.4. The van der Waals surface area contributed by atoms with Gasteiger partial charge in [-0.05, 0) is 38.0 Å². The van der Waals surface area contributed by atoms with E-state index >= 15 is 0 Å². The van der Waals surface area contributed by atoms with E-state index in [1.54, 1.807) is 30.0 Å². The number of pyridine rings is 1. The van der Waals surface area contributed by atoms with E-state index < -0.39 is 0 Å². The Balaban J connectivity index is 1.34. The molecule has 0 unspecified atom stereocenters. The number of hydrogen-bond donors (Lipinski definition) is 0. The molecule has 0 bridgehead atoms. The van der Waals surface area contributed by atoms with Gasteiger partial charge in [0.2, 0.25) is 0 Å². The Bertz CT molecular complexity index is 1310. The molecule has 0 N–H and O–H groups in total. The number of halogens is 1. The van der Waals surface area contributed by atoms with E-state index in [0.29, 0.717) is 47.5 Å². The summed E-state index contributed by atoms with van der Waals surface area (Å²) in [6.07, 6.45) is 5.94. The highest BCUT2D eigenvalue weighted by atomic mass is 35.5. The third kappa shape index (κ3) is 4.20. The molecule has 33 heavy (non-hydrogen) atoms. The lowest BCUT2D eigenvalue weighted by Crippen LogP contribution is -2.40. The number of methoxy groups -OCH3 is 1. The van der Waals surface area contributed by atoms with E-state index in [1.807, 2.05) is 42.2 Å². The number of aryl methyl sites for hydroxylation is 1. The molecule has 1 amide bonds. The number of ether oxygens (including phenoxy) is 1. The molecule has 7 nitrogen and oxygen atoms in total. The van der Waals surface area contributed by atoms with Crippen molar-refractivity contribution in [3.8, 4) is 5.75 Å². The van der Waals surface area contributed by atoms with Gasteiger partial charge in [0.1, 0.15) is 22.9 Å². The average molecular weight is 465 g/mol. The number of imidazole rings is 1. The minimum atomic E-state index is -0.0484. The van der Waals surface area contributed by atoms with E-state index in [-0.39, 0.29) is 11.8 Å². The monoisotopic (exact) mass is 464 g/mol. The molecule has 1 aliphatic heterocycles. The molecule has 1 atom stereocenters. The van der Waals surface area contributed by atoms with Gasteiger partial charge in [-0.2, -0.15) is 0 Å². The van der Waals surface area contributed by atoms with E-state index in [1.165, 1.54) is 0 Å². The Kier molecular flexibility index (Phi) is 5.81. The van der Waals surface area contributed by atoms with Gasteiger partial charge in [0.05, 0.1) is 29.9 Å². The lowest BCUT2D eigenvalue weighted by atomic mass is 9.97. The highest BCUT2D eigenvalue weighted by Crippen LogP contribution is 2.30. The number of rotatable bonds is 5. The van der Waals surface area contributed by atoms with Crippen LogP contribution in [0, 0.1) is 6.92 Å². The zero-order chi connectivity index (χ0) is 22.9. The normalized spacial score (nSPS) is 16.3. The van der Waals surface area contributed by atoms with Crippen molar-refractivity contribution in [3.05, 3.63) is 82.4 Å². The third-order valence-corrected chi connectivity index (χ3v) is 6.37. The molecule has 0 spiro atoms. The summed E-state index contributed by atoms with van der Waals surface area (Å²) in [5, 5.41) is 0.563. The second-order valence-corrected chi connectivity index (χ2v) is 8.80. The van der Waals surface area contributed by atoms with Crippen molar-refractivity contribution in [1.29, 1.82) is 0 Å². The molecule has 4 aromatic rings. The molecular formula is C25H25ClN4O3. The van der Waals surface area contributed by atoms with Crippen LogP contribution in [0.5, 0.6) is 5.75 Å². The van der Waals surface area contributed by atoms with E-state index in [2.05, 4.69) is 9.97 Å². The van der Waals surface area contributed by atoms with Gasteiger partial charge in [-0.25, -0.2) is 9.97 Å². The molecule has 170 valence electrons. The van der Waals surface area contributed by atoms with Crippen molar-refractivity contribution in [2.75, 3.05) is 20.2 Å². The van der Waals surface area contributed by atoms with Gasteiger partial charge in [0.15, 0.2) is 5.89 Å². The number of nitrogens with zero attached hydrogens (tertiary/aromatic N) is 4. The number of aromatic nitrogens is 3. The van der Waals surface area contributed by atoms with Crippen molar-refractivity contribution < 1.29 is 13.9 Å². The molecule has 4 heterocycles. The minimum absolute atomic E-state index is 0.0484. The van der Waals surface area contributed by atoms with Crippen LogP contribution in [0.4, 0.5) is 0 Å². The largest absolute Gasteiger partial charge is 0.496 e. The van der Waals surface area contributed by atoms with Crippen LogP contribution < -0.4 is 4.74 Å². The Labute approximate surface area is 197 Å². The number of amides is 1. The first-order valence-corrected chi connectivity index (χ1v) is 11.4. The van der Waals surface area contributed by atoms with Crippen LogP contribution in [0.15, 0.2) is 53.2 Å². The highest BCUT2D eigenvalue weighted by molar-refractivity contribution is 6.30. The van der Waals surface area contributed by atoms with Crippen LogP contribution in [0.1, 0.15) is 52.2 Å². The topological polar surface area (TPSA) is 72.9 Å². The van der Waals surface area contributed by atoms with Crippen LogP contribution >= 0.6 is 11.6 Å². The van der Waals surface area contributed by atoms with Crippen LogP contribution in [0.2, 0.25) is 5.02 Å². The van der Waals surface area contributed by atoms with Crippen molar-refractivity contribution in [3.63, 3.8) is 0 Å². The van der Waals surface area contributed by atoms with E-state index in [9.17, 15) is 4.79 Å². The fourth-order valence-corrected chi connectivity index (χ4v) is 4.70. The molecule has 1 aromatic carbocycles. The molecule has 0 aliphatic carbocycles. The van der Waals surface area contributed by atoms with Gasteiger partial charge in [0, 0.05) is 31.3 Å². The van der Waals surface area contributed by atoms with Crippen molar-refractivity contribution in [2.24, 2.45) is 0 Å². The van der Waals surface area contributed by atoms with E-state index in [0.717, 1.165) is 29.9 Å². The van der Waals surface area contributed by atoms with Crippen molar-refractivity contribution in [2.45, 2.75) is 32.1 Å². The van der Waals surface area contributed by atoms with Gasteiger partial charge in [-0.15, -0.1) is 0 Å². The SMILES string of the molecule is COc1ccccc1Cc1cnc([C@H]2CCCN(C(=O)c3c(C)nc4ccc(Cl)cn34)C2)o1. The quantitative estimate of drug-likeness (QED) is 0.420. The molecule has 0 radical (unpaired) electrons. The lowest BCUT2D eigenvalue weighted by Gasteiger charge is -2.31. The van der Waals surface area contributed by atoms with E-state index in [4.69, 9.17) is 20.8 Å². The number of hydrogen-bond acceptors (Lipinski definition) is 5. The van der Waals surface area contributed by atoms with Gasteiger partial charge in [0.25, 0.3) is 5.91 Å². The number of para-hydroxylation sites is 1. The predicted molar refractivity (Wildman–Crippen MR) is 125 cm³/mol. The summed E-state index contributed by atoms with van der Waals surface area (Å²) in [5.74, 6) is 2.29. The molecule has 3 aromatic heterocycles. The average Bonchev–Trinajstić information content (AvgIpc) is 3.42. The van der Waals surface area contributed by atoms with Crippen molar-refractivity contribution in [1.82, 2.24) is 19.3 Å². The molecule has 1 fully saturated rings. The predicted octanol–water partition coefficient (Wildman–Crippen LogP) is 4.90. The molecule has 5 rings (SSSR count). The first kappa shape index (κ1) is 21.5. The third-order valence-electron chi connectivity index (χ3n) is 6.15. The standard InChI is InChI=1S/C25H25ClN4O3/c1-16-23(30-15-19(26)9-10-22(30)28-16)25(31)29-11-5-7-18(14-29)24-27-13-20(33-24)12-17-6-3-4-8-21(17)32-2/h3-4,6,8-10,13,15,18H,5,7,11-12,14H2,1-2H3/t18-/m0/s1. The fourth-order valence-electron chi connectivity index (χ4n) is 4.54. The first-order valence-electron chi connectivity index (χ1n) is 11.0. The number of likely N-dealkylation sites (tertiary alicyclic amines) is 1. The number of carbonyl (C=O) groups is 1. The summed E-state index contributed by atoms with van der Waals surface area (Å²) in [7, 11) is 1.66. The second-order valence-electron chi connectivity index (χ2n) is 8.37. The Morgan fingerprint density at radius 1 is 1.27 bits per heavy atom. The minimum Gasteiger partial charge on any atom is -0.496 e. The summed E-state index contributed by atoms with van der Waals surface area (Å²) in [5.41, 5.74) is 3.00. The Morgan fingerprint density at radius 3 is 2.97 bits per heavy atom. The number of piperidine rings is 1. The van der Waals surface area contributed by atoms with Crippen LogP contribution in [-0.4, -0.2) is 45.4 Å². The summed E-state index contributed by atoms with van der Waals surface area (Å²) in [6.45, 7) is 3.10. The number of oxazole rings is 1.